The van der Waals surface area contributed by atoms with Gasteiger partial charge in [0.2, 0.25) is 5.91 Å². The minimum atomic E-state index is -0.443. The number of nitro groups is 1. The van der Waals surface area contributed by atoms with E-state index in [1.165, 1.54) is 19.1 Å². The molecule has 0 aliphatic heterocycles. The van der Waals surface area contributed by atoms with E-state index in [2.05, 4.69) is 5.32 Å². The highest BCUT2D eigenvalue weighted by Gasteiger charge is 2.04. The lowest BCUT2D eigenvalue weighted by molar-refractivity contribution is -0.384. The highest BCUT2D eigenvalue weighted by atomic mass is 16.6. The van der Waals surface area contributed by atoms with Crippen molar-refractivity contribution in [2.75, 3.05) is 5.32 Å². The van der Waals surface area contributed by atoms with Gasteiger partial charge in [-0.1, -0.05) is 6.07 Å². The molecule has 2 rings (SSSR count). The Hall–Kier alpha value is -2.89. The zero-order valence-electron chi connectivity index (χ0n) is 11.4. The van der Waals surface area contributed by atoms with Gasteiger partial charge in [0.25, 0.3) is 5.69 Å². The van der Waals surface area contributed by atoms with Crippen molar-refractivity contribution in [3.63, 3.8) is 0 Å². The molecule has 0 heterocycles. The molecule has 21 heavy (non-hydrogen) atoms. The predicted molar refractivity (Wildman–Crippen MR) is 78.2 cm³/mol. The predicted octanol–water partition coefficient (Wildman–Crippen LogP) is 3.13. The molecule has 1 N–H and O–H groups in total. The van der Waals surface area contributed by atoms with Gasteiger partial charge in [0.15, 0.2) is 0 Å². The molecule has 0 fully saturated rings. The molecule has 0 saturated heterocycles. The second kappa shape index (κ2) is 6.51. The molecule has 0 aromatic heterocycles. The molecule has 1 amide bonds. The second-order valence-electron chi connectivity index (χ2n) is 4.42. The summed E-state index contributed by atoms with van der Waals surface area (Å²) in [6.07, 6.45) is 0. The maximum atomic E-state index is 11.0. The van der Waals surface area contributed by atoms with E-state index in [9.17, 15) is 14.9 Å². The van der Waals surface area contributed by atoms with Crippen LogP contribution in [0.2, 0.25) is 0 Å². The number of hydrogen-bond donors (Lipinski definition) is 1. The quantitative estimate of drug-likeness (QED) is 0.676. The number of rotatable bonds is 5. The van der Waals surface area contributed by atoms with Gasteiger partial charge in [0, 0.05) is 30.8 Å². The highest BCUT2D eigenvalue weighted by Crippen LogP contribution is 2.19. The largest absolute Gasteiger partial charge is 0.489 e. The first-order valence-electron chi connectivity index (χ1n) is 6.28. The molecule has 6 heteroatoms. The highest BCUT2D eigenvalue weighted by molar-refractivity contribution is 5.88. The summed E-state index contributed by atoms with van der Waals surface area (Å²) in [6.45, 7) is 1.73. The third-order valence-corrected chi connectivity index (χ3v) is 2.71. The smallest absolute Gasteiger partial charge is 0.269 e. The number of amides is 1. The van der Waals surface area contributed by atoms with Gasteiger partial charge in [-0.25, -0.2) is 0 Å². The van der Waals surface area contributed by atoms with E-state index in [-0.39, 0.29) is 11.6 Å². The SMILES string of the molecule is CC(=O)Nc1cccc(OCc2ccc([N+](=O)[O-])cc2)c1. The fraction of sp³-hybridized carbons (Fsp3) is 0.133. The lowest BCUT2D eigenvalue weighted by atomic mass is 10.2. The number of ether oxygens (including phenoxy) is 1. The topological polar surface area (TPSA) is 81.5 Å². The number of carbonyl (C=O) groups excluding carboxylic acids is 1. The van der Waals surface area contributed by atoms with Crippen LogP contribution in [0.1, 0.15) is 12.5 Å². The Labute approximate surface area is 121 Å². The van der Waals surface area contributed by atoms with E-state index in [1.54, 1.807) is 36.4 Å². The van der Waals surface area contributed by atoms with Gasteiger partial charge >= 0.3 is 0 Å². The van der Waals surface area contributed by atoms with Crippen molar-refractivity contribution in [1.82, 2.24) is 0 Å². The molecule has 0 aliphatic rings. The zero-order chi connectivity index (χ0) is 15.2. The molecule has 0 unspecified atom stereocenters. The van der Waals surface area contributed by atoms with Gasteiger partial charge in [-0.15, -0.1) is 0 Å². The number of carbonyl (C=O) groups is 1. The van der Waals surface area contributed by atoms with Gasteiger partial charge in [0.1, 0.15) is 12.4 Å². The van der Waals surface area contributed by atoms with Crippen LogP contribution in [-0.4, -0.2) is 10.8 Å². The van der Waals surface area contributed by atoms with Crippen molar-refractivity contribution < 1.29 is 14.5 Å². The molecule has 0 aliphatic carbocycles. The molecule has 2 aromatic carbocycles. The zero-order valence-corrected chi connectivity index (χ0v) is 11.4. The third-order valence-electron chi connectivity index (χ3n) is 2.71. The molecule has 0 radical (unpaired) electrons. The van der Waals surface area contributed by atoms with Crippen LogP contribution in [-0.2, 0) is 11.4 Å². The molecule has 0 spiro atoms. The number of hydrogen-bond acceptors (Lipinski definition) is 4. The van der Waals surface area contributed by atoms with Gasteiger partial charge in [-0.05, 0) is 29.8 Å². The minimum Gasteiger partial charge on any atom is -0.489 e. The van der Waals surface area contributed by atoms with Crippen LogP contribution in [0.4, 0.5) is 11.4 Å². The first-order chi connectivity index (χ1) is 10.0. The van der Waals surface area contributed by atoms with E-state index in [0.717, 1.165) is 5.56 Å². The maximum absolute atomic E-state index is 11.0. The molecule has 6 nitrogen and oxygen atoms in total. The van der Waals surface area contributed by atoms with Gasteiger partial charge in [0.05, 0.1) is 4.92 Å². The Balaban J connectivity index is 1.99. The lowest BCUT2D eigenvalue weighted by Crippen LogP contribution is -2.05. The van der Waals surface area contributed by atoms with Crippen molar-refractivity contribution in [1.29, 1.82) is 0 Å². The van der Waals surface area contributed by atoms with Gasteiger partial charge in [-0.2, -0.15) is 0 Å². The Morgan fingerprint density at radius 3 is 2.57 bits per heavy atom. The van der Waals surface area contributed by atoms with Gasteiger partial charge in [-0.3, -0.25) is 14.9 Å². The molecular weight excluding hydrogens is 272 g/mol. The molecule has 0 saturated carbocycles. The van der Waals surface area contributed by atoms with Crippen LogP contribution in [0.5, 0.6) is 5.75 Å². The summed E-state index contributed by atoms with van der Waals surface area (Å²) >= 11 is 0. The first-order valence-corrected chi connectivity index (χ1v) is 6.28. The lowest BCUT2D eigenvalue weighted by Gasteiger charge is -2.08. The Morgan fingerprint density at radius 1 is 1.24 bits per heavy atom. The van der Waals surface area contributed by atoms with E-state index < -0.39 is 4.92 Å². The monoisotopic (exact) mass is 286 g/mol. The van der Waals surface area contributed by atoms with Gasteiger partial charge < -0.3 is 10.1 Å². The maximum Gasteiger partial charge on any atom is 0.269 e. The average molecular weight is 286 g/mol. The summed E-state index contributed by atoms with van der Waals surface area (Å²) < 4.78 is 5.59. The van der Waals surface area contributed by atoms with E-state index in [4.69, 9.17) is 4.74 Å². The molecule has 108 valence electrons. The van der Waals surface area contributed by atoms with Crippen LogP contribution in [0.25, 0.3) is 0 Å². The van der Waals surface area contributed by atoms with Crippen molar-refractivity contribution in [3.8, 4) is 5.75 Å². The second-order valence-corrected chi connectivity index (χ2v) is 4.42. The summed E-state index contributed by atoms with van der Waals surface area (Å²) in [6, 6.07) is 13.2. The minimum absolute atomic E-state index is 0.0476. The normalized spacial score (nSPS) is 9.95. The van der Waals surface area contributed by atoms with E-state index >= 15 is 0 Å². The summed E-state index contributed by atoms with van der Waals surface area (Å²) in [5.41, 5.74) is 1.53. The third kappa shape index (κ3) is 4.31. The number of nitro benzene ring substituents is 1. The van der Waals surface area contributed by atoms with E-state index in [0.29, 0.717) is 18.0 Å². The van der Waals surface area contributed by atoms with Crippen LogP contribution < -0.4 is 10.1 Å². The fourth-order valence-corrected chi connectivity index (χ4v) is 1.75. The van der Waals surface area contributed by atoms with Crippen molar-refractivity contribution in [2.45, 2.75) is 13.5 Å². The van der Waals surface area contributed by atoms with Crippen molar-refractivity contribution >= 4 is 17.3 Å². The Kier molecular flexibility index (Phi) is 4.50. The van der Waals surface area contributed by atoms with E-state index in [1.807, 2.05) is 0 Å². The standard InChI is InChI=1S/C15H14N2O4/c1-11(18)16-13-3-2-4-15(9-13)21-10-12-5-7-14(8-6-12)17(19)20/h2-9H,10H2,1H3,(H,16,18). The molecule has 2 aromatic rings. The summed E-state index contributed by atoms with van der Waals surface area (Å²) in [5, 5.41) is 13.2. The number of non-ortho nitro benzene ring substituents is 1. The number of nitrogens with zero attached hydrogens (tertiary/aromatic N) is 1. The number of benzene rings is 2. The number of anilines is 1. The van der Waals surface area contributed by atoms with Crippen LogP contribution in [0, 0.1) is 10.1 Å². The number of nitrogens with one attached hydrogen (secondary N) is 1. The van der Waals surface area contributed by atoms with Crippen LogP contribution in [0.15, 0.2) is 48.5 Å². The van der Waals surface area contributed by atoms with Crippen molar-refractivity contribution in [2.24, 2.45) is 0 Å². The Morgan fingerprint density at radius 2 is 1.95 bits per heavy atom. The summed E-state index contributed by atoms with van der Waals surface area (Å²) in [5.74, 6) is 0.460. The van der Waals surface area contributed by atoms with Crippen LogP contribution >= 0.6 is 0 Å². The molecular formula is C15H14N2O4. The van der Waals surface area contributed by atoms with Crippen molar-refractivity contribution in [3.05, 3.63) is 64.2 Å². The van der Waals surface area contributed by atoms with Crippen LogP contribution in [0.3, 0.4) is 0 Å². The summed E-state index contributed by atoms with van der Waals surface area (Å²) in [7, 11) is 0. The fourth-order valence-electron chi connectivity index (χ4n) is 1.75. The molecule has 0 bridgehead atoms. The summed E-state index contributed by atoms with van der Waals surface area (Å²) in [4.78, 5) is 21.1. The Bertz CT molecular complexity index is 653. The first kappa shape index (κ1) is 14.5. The average Bonchev–Trinajstić information content (AvgIpc) is 2.45. The molecule has 0 atom stereocenters.